The number of hydrogen-bond acceptors (Lipinski definition) is 2. The van der Waals surface area contributed by atoms with Gasteiger partial charge in [-0.25, -0.2) is 0 Å². The van der Waals surface area contributed by atoms with Crippen molar-refractivity contribution in [1.82, 2.24) is 0 Å². The molecule has 2 N–H and O–H groups in total. The third kappa shape index (κ3) is 5.49. The molecule has 2 aromatic rings. The summed E-state index contributed by atoms with van der Waals surface area (Å²) in [6, 6.07) is 12.4. The minimum absolute atomic E-state index is 0.0538. The number of quaternary nitrogens is 1. The molecule has 1 amide bonds. The van der Waals surface area contributed by atoms with Crippen LogP contribution in [0.5, 0.6) is 5.75 Å². The molecule has 2 rings (SSSR count). The number of anilines is 1. The number of alkyl halides is 3. The second-order valence-corrected chi connectivity index (χ2v) is 5.75. The number of hydrogen-bond donors (Lipinski definition) is 2. The minimum Gasteiger partial charge on any atom is -0.497 e. The zero-order valence-corrected chi connectivity index (χ0v) is 14.0. The number of rotatable bonds is 6. The maximum atomic E-state index is 12.9. The molecule has 0 bridgehead atoms. The van der Waals surface area contributed by atoms with Crippen molar-refractivity contribution in [3.8, 4) is 5.75 Å². The summed E-state index contributed by atoms with van der Waals surface area (Å²) in [6.45, 7) is 0.622. The molecule has 2 aromatic carbocycles. The van der Waals surface area contributed by atoms with Gasteiger partial charge in [0, 0.05) is 5.56 Å². The smallest absolute Gasteiger partial charge is 0.418 e. The molecule has 0 aliphatic carbocycles. The third-order valence-electron chi connectivity index (χ3n) is 3.63. The highest BCUT2D eigenvalue weighted by Gasteiger charge is 2.33. The minimum atomic E-state index is -4.51. The molecule has 7 heteroatoms. The van der Waals surface area contributed by atoms with E-state index in [1.165, 1.54) is 18.2 Å². The molecule has 1 atom stereocenters. The SMILES string of the molecule is COc1ccc(C[NH+](C)CC(=O)Nc2ccccc2C(F)(F)F)cc1. The molecule has 0 fully saturated rings. The van der Waals surface area contributed by atoms with Crippen molar-refractivity contribution in [2.24, 2.45) is 0 Å². The van der Waals surface area contributed by atoms with Crippen LogP contribution in [0.4, 0.5) is 18.9 Å². The summed E-state index contributed by atoms with van der Waals surface area (Å²) >= 11 is 0. The van der Waals surface area contributed by atoms with Crippen molar-refractivity contribution in [2.75, 3.05) is 26.0 Å². The highest BCUT2D eigenvalue weighted by Crippen LogP contribution is 2.34. The summed E-state index contributed by atoms with van der Waals surface area (Å²) in [5, 5.41) is 2.35. The van der Waals surface area contributed by atoms with Gasteiger partial charge in [-0.05, 0) is 36.4 Å². The zero-order chi connectivity index (χ0) is 18.4. The molecule has 0 aromatic heterocycles. The van der Waals surface area contributed by atoms with Gasteiger partial charge in [-0.15, -0.1) is 0 Å². The molecule has 4 nitrogen and oxygen atoms in total. The van der Waals surface area contributed by atoms with Gasteiger partial charge in [0.1, 0.15) is 12.3 Å². The third-order valence-corrected chi connectivity index (χ3v) is 3.63. The monoisotopic (exact) mass is 353 g/mol. The molecule has 0 spiro atoms. The Kier molecular flexibility index (Phi) is 6.03. The van der Waals surface area contributed by atoms with Crippen molar-refractivity contribution in [3.05, 3.63) is 59.7 Å². The van der Waals surface area contributed by atoms with Gasteiger partial charge in [0.2, 0.25) is 0 Å². The molecule has 0 aliphatic rings. The number of methoxy groups -OCH3 is 1. The lowest BCUT2D eigenvalue weighted by atomic mass is 10.1. The van der Waals surface area contributed by atoms with E-state index < -0.39 is 17.6 Å². The van der Waals surface area contributed by atoms with Gasteiger partial charge in [-0.3, -0.25) is 4.79 Å². The molecule has 25 heavy (non-hydrogen) atoms. The Labute approximate surface area is 144 Å². The Bertz CT molecular complexity index is 715. The predicted molar refractivity (Wildman–Crippen MR) is 88.5 cm³/mol. The van der Waals surface area contributed by atoms with Gasteiger partial charge in [0.25, 0.3) is 5.91 Å². The number of carbonyl (C=O) groups is 1. The maximum absolute atomic E-state index is 12.9. The lowest BCUT2D eigenvalue weighted by Gasteiger charge is -2.16. The Morgan fingerprint density at radius 1 is 1.12 bits per heavy atom. The average molecular weight is 353 g/mol. The van der Waals surface area contributed by atoms with Gasteiger partial charge in [0.05, 0.1) is 25.4 Å². The number of amides is 1. The molecule has 1 unspecified atom stereocenters. The molecular weight excluding hydrogens is 333 g/mol. The van der Waals surface area contributed by atoms with Crippen molar-refractivity contribution in [2.45, 2.75) is 12.7 Å². The van der Waals surface area contributed by atoms with Crippen LogP contribution in [0.2, 0.25) is 0 Å². The highest BCUT2D eigenvalue weighted by molar-refractivity contribution is 5.92. The quantitative estimate of drug-likeness (QED) is 0.837. The van der Waals surface area contributed by atoms with E-state index in [9.17, 15) is 18.0 Å². The van der Waals surface area contributed by atoms with E-state index >= 15 is 0 Å². The molecular formula is C18H20F3N2O2+. The molecule has 0 saturated heterocycles. The zero-order valence-electron chi connectivity index (χ0n) is 14.0. The number of nitrogens with one attached hydrogen (secondary N) is 2. The fraction of sp³-hybridized carbons (Fsp3) is 0.278. The lowest BCUT2D eigenvalue weighted by molar-refractivity contribution is -0.885. The number of halogens is 3. The predicted octanol–water partition coefficient (Wildman–Crippen LogP) is 2.37. The first-order chi connectivity index (χ1) is 11.8. The van der Waals surface area contributed by atoms with Crippen molar-refractivity contribution >= 4 is 11.6 Å². The fourth-order valence-corrected chi connectivity index (χ4v) is 2.46. The topological polar surface area (TPSA) is 42.8 Å². The van der Waals surface area contributed by atoms with E-state index in [0.29, 0.717) is 6.54 Å². The van der Waals surface area contributed by atoms with Crippen LogP contribution in [0, 0.1) is 0 Å². The fourth-order valence-electron chi connectivity index (χ4n) is 2.46. The first-order valence-corrected chi connectivity index (χ1v) is 7.70. The van der Waals surface area contributed by atoms with Crippen molar-refractivity contribution in [1.29, 1.82) is 0 Å². The first kappa shape index (κ1) is 18.8. The first-order valence-electron chi connectivity index (χ1n) is 7.70. The van der Waals surface area contributed by atoms with E-state index in [1.54, 1.807) is 14.2 Å². The molecule has 0 saturated carbocycles. The van der Waals surface area contributed by atoms with E-state index in [2.05, 4.69) is 5.32 Å². The van der Waals surface area contributed by atoms with Crippen LogP contribution in [0.25, 0.3) is 0 Å². The Balaban J connectivity index is 1.96. The van der Waals surface area contributed by atoms with E-state index in [0.717, 1.165) is 22.3 Å². The van der Waals surface area contributed by atoms with Crippen LogP contribution in [-0.4, -0.2) is 26.6 Å². The number of likely N-dealkylation sites (N-methyl/N-ethyl adjacent to an activating group) is 1. The second kappa shape index (κ2) is 8.02. The number of para-hydroxylation sites is 1. The summed E-state index contributed by atoms with van der Waals surface area (Å²) in [4.78, 5) is 12.9. The number of carbonyl (C=O) groups excluding carboxylic acids is 1. The van der Waals surface area contributed by atoms with Crippen molar-refractivity contribution in [3.63, 3.8) is 0 Å². The van der Waals surface area contributed by atoms with Crippen LogP contribution in [0.1, 0.15) is 11.1 Å². The Hall–Kier alpha value is -2.54. The molecule has 0 heterocycles. The van der Waals surface area contributed by atoms with E-state index in [-0.39, 0.29) is 12.2 Å². The van der Waals surface area contributed by atoms with E-state index in [4.69, 9.17) is 4.74 Å². The largest absolute Gasteiger partial charge is 0.497 e. The number of benzene rings is 2. The Morgan fingerprint density at radius 2 is 1.76 bits per heavy atom. The maximum Gasteiger partial charge on any atom is 0.418 e. The Morgan fingerprint density at radius 3 is 2.36 bits per heavy atom. The summed E-state index contributed by atoms with van der Waals surface area (Å²) in [5.74, 6) is 0.269. The van der Waals surface area contributed by atoms with Gasteiger partial charge in [-0.1, -0.05) is 12.1 Å². The van der Waals surface area contributed by atoms with Crippen LogP contribution < -0.4 is 15.0 Å². The van der Waals surface area contributed by atoms with Crippen LogP contribution in [0.15, 0.2) is 48.5 Å². The standard InChI is InChI=1S/C18H19F3N2O2/c1-23(11-13-7-9-14(25-2)10-8-13)12-17(24)22-16-6-4-3-5-15(16)18(19,20)21/h3-10H,11-12H2,1-2H3,(H,22,24)/p+1. The molecule has 134 valence electrons. The number of ether oxygens (including phenoxy) is 1. The summed E-state index contributed by atoms with van der Waals surface area (Å²) < 4.78 is 43.9. The van der Waals surface area contributed by atoms with Gasteiger partial charge < -0.3 is 15.0 Å². The van der Waals surface area contributed by atoms with E-state index in [1.807, 2.05) is 24.3 Å². The van der Waals surface area contributed by atoms with Crippen LogP contribution in [-0.2, 0) is 17.5 Å². The van der Waals surface area contributed by atoms with Crippen LogP contribution in [0.3, 0.4) is 0 Å². The second-order valence-electron chi connectivity index (χ2n) is 5.75. The lowest BCUT2D eigenvalue weighted by Crippen LogP contribution is -3.08. The molecule has 0 radical (unpaired) electrons. The van der Waals surface area contributed by atoms with Crippen LogP contribution >= 0.6 is 0 Å². The molecule has 0 aliphatic heterocycles. The van der Waals surface area contributed by atoms with Crippen molar-refractivity contribution < 1.29 is 27.6 Å². The van der Waals surface area contributed by atoms with Gasteiger partial charge >= 0.3 is 6.18 Å². The summed E-state index contributed by atoms with van der Waals surface area (Å²) in [6.07, 6.45) is -4.51. The normalized spacial score (nSPS) is 12.5. The summed E-state index contributed by atoms with van der Waals surface area (Å²) in [7, 11) is 3.38. The average Bonchev–Trinajstić information content (AvgIpc) is 2.54. The van der Waals surface area contributed by atoms with Gasteiger partial charge in [0.15, 0.2) is 6.54 Å². The van der Waals surface area contributed by atoms with Gasteiger partial charge in [-0.2, -0.15) is 13.2 Å². The highest BCUT2D eigenvalue weighted by atomic mass is 19.4. The summed E-state index contributed by atoms with van der Waals surface area (Å²) in [5.41, 5.74) is -0.0739.